The van der Waals surface area contributed by atoms with Crippen LogP contribution in [0.5, 0.6) is 0 Å². The molecule has 0 aliphatic carbocycles. The van der Waals surface area contributed by atoms with Crippen molar-refractivity contribution in [3.63, 3.8) is 0 Å². The van der Waals surface area contributed by atoms with Crippen molar-refractivity contribution >= 4 is 7.12 Å². The van der Waals surface area contributed by atoms with E-state index in [0.717, 1.165) is 31.5 Å². The maximum atomic E-state index is 8.56. The van der Waals surface area contributed by atoms with Crippen molar-refractivity contribution in [3.05, 3.63) is 11.5 Å². The summed E-state index contributed by atoms with van der Waals surface area (Å²) in [6.07, 6.45) is 1.88. The van der Waals surface area contributed by atoms with Crippen LogP contribution in [0, 0.1) is 0 Å². The first-order chi connectivity index (χ1) is 4.79. The van der Waals surface area contributed by atoms with Gasteiger partial charge in [0, 0.05) is 0 Å². The summed E-state index contributed by atoms with van der Waals surface area (Å²) in [5, 5.41) is 20.3. The highest BCUT2D eigenvalue weighted by Crippen LogP contribution is 2.08. The zero-order valence-electron chi connectivity index (χ0n) is 5.88. The molecule has 4 heteroatoms. The minimum absolute atomic E-state index is 0.942. The molecule has 0 amide bonds. The maximum absolute atomic E-state index is 8.56. The molecule has 1 rings (SSSR count). The molecule has 0 spiro atoms. The van der Waals surface area contributed by atoms with Crippen LogP contribution in [0.2, 0.25) is 0 Å². The number of hydrogen-bond donors (Lipinski definition) is 3. The summed E-state index contributed by atoms with van der Waals surface area (Å²) in [7, 11) is -1.27. The first-order valence-electron chi connectivity index (χ1n) is 3.55. The van der Waals surface area contributed by atoms with Gasteiger partial charge in [0.05, 0.1) is 0 Å². The van der Waals surface area contributed by atoms with Gasteiger partial charge in [-0.25, -0.2) is 0 Å². The van der Waals surface area contributed by atoms with Gasteiger partial charge in [-0.05, 0) is 25.9 Å². The van der Waals surface area contributed by atoms with Crippen molar-refractivity contribution < 1.29 is 10.0 Å². The number of nitrogens with one attached hydrogen (secondary N) is 1. The molecule has 1 heterocycles. The third kappa shape index (κ3) is 2.52. The van der Waals surface area contributed by atoms with Crippen molar-refractivity contribution in [2.75, 3.05) is 13.1 Å². The van der Waals surface area contributed by atoms with Crippen LogP contribution in [0.15, 0.2) is 11.5 Å². The zero-order valence-corrected chi connectivity index (χ0v) is 5.88. The molecular formula is C6H12BNO2. The summed E-state index contributed by atoms with van der Waals surface area (Å²) < 4.78 is 0. The molecule has 1 aliphatic heterocycles. The summed E-state index contributed by atoms with van der Waals surface area (Å²) in [6, 6.07) is 0. The lowest BCUT2D eigenvalue weighted by Crippen LogP contribution is -2.24. The fraction of sp³-hybridized carbons (Fsp3) is 0.667. The molecule has 10 heavy (non-hydrogen) atoms. The van der Waals surface area contributed by atoms with Crippen LogP contribution in [0.25, 0.3) is 0 Å². The molecule has 1 fully saturated rings. The first-order valence-corrected chi connectivity index (χ1v) is 3.55. The first kappa shape index (κ1) is 7.79. The van der Waals surface area contributed by atoms with Crippen LogP contribution < -0.4 is 5.32 Å². The maximum Gasteiger partial charge on any atom is 0.480 e. The van der Waals surface area contributed by atoms with Crippen LogP contribution in [-0.4, -0.2) is 30.3 Å². The third-order valence-corrected chi connectivity index (χ3v) is 1.63. The van der Waals surface area contributed by atoms with E-state index in [9.17, 15) is 0 Å². The molecular weight excluding hydrogens is 129 g/mol. The van der Waals surface area contributed by atoms with Gasteiger partial charge in [-0.3, -0.25) is 0 Å². The van der Waals surface area contributed by atoms with Crippen molar-refractivity contribution in [3.8, 4) is 0 Å². The average Bonchev–Trinajstić information content (AvgIpc) is 1.88. The van der Waals surface area contributed by atoms with E-state index in [1.54, 1.807) is 0 Å². The smallest absolute Gasteiger partial charge is 0.424 e. The van der Waals surface area contributed by atoms with E-state index in [1.807, 2.05) is 0 Å². The van der Waals surface area contributed by atoms with E-state index in [4.69, 9.17) is 10.0 Å². The highest BCUT2D eigenvalue weighted by Gasteiger charge is 2.08. The van der Waals surface area contributed by atoms with Crippen LogP contribution in [-0.2, 0) is 0 Å². The molecule has 0 aromatic heterocycles. The Bertz CT molecular complexity index is 128. The Kier molecular flexibility index (Phi) is 2.93. The minimum Gasteiger partial charge on any atom is -0.424 e. The predicted molar refractivity (Wildman–Crippen MR) is 40.4 cm³/mol. The second-order valence-electron chi connectivity index (χ2n) is 2.49. The lowest BCUT2D eigenvalue weighted by molar-refractivity contribution is 0.423. The van der Waals surface area contributed by atoms with Gasteiger partial charge in [0.2, 0.25) is 0 Å². The molecule has 1 aliphatic rings. The van der Waals surface area contributed by atoms with Crippen LogP contribution >= 0.6 is 0 Å². The SMILES string of the molecule is OB(O)C=C1CCNCC1. The lowest BCUT2D eigenvalue weighted by atomic mass is 9.86. The van der Waals surface area contributed by atoms with E-state index in [0.29, 0.717) is 0 Å². The quantitative estimate of drug-likeness (QED) is 0.423. The molecule has 0 bridgehead atoms. The standard InChI is InChI=1S/C6H12BNO2/c9-7(10)5-6-1-3-8-4-2-6/h5,8-10H,1-4H2. The van der Waals surface area contributed by atoms with Crippen LogP contribution in [0.4, 0.5) is 0 Å². The second kappa shape index (κ2) is 3.76. The molecule has 0 saturated carbocycles. The van der Waals surface area contributed by atoms with Crippen LogP contribution in [0.3, 0.4) is 0 Å². The van der Waals surface area contributed by atoms with E-state index in [-0.39, 0.29) is 0 Å². The highest BCUT2D eigenvalue weighted by molar-refractivity contribution is 6.47. The summed E-state index contributed by atoms with van der Waals surface area (Å²) in [4.78, 5) is 0. The minimum atomic E-state index is -1.27. The summed E-state index contributed by atoms with van der Waals surface area (Å²) in [5.74, 6) is 1.51. The summed E-state index contributed by atoms with van der Waals surface area (Å²) >= 11 is 0. The van der Waals surface area contributed by atoms with Gasteiger partial charge in [0.25, 0.3) is 0 Å². The lowest BCUT2D eigenvalue weighted by Gasteiger charge is -2.14. The Labute approximate surface area is 60.9 Å². The number of rotatable bonds is 1. The van der Waals surface area contributed by atoms with E-state index in [1.165, 1.54) is 5.98 Å². The van der Waals surface area contributed by atoms with E-state index >= 15 is 0 Å². The third-order valence-electron chi connectivity index (χ3n) is 1.63. The van der Waals surface area contributed by atoms with Crippen LogP contribution in [0.1, 0.15) is 12.8 Å². The Morgan fingerprint density at radius 2 is 1.90 bits per heavy atom. The number of piperidine rings is 1. The fourth-order valence-corrected chi connectivity index (χ4v) is 1.13. The molecule has 56 valence electrons. The average molecular weight is 141 g/mol. The van der Waals surface area contributed by atoms with Crippen molar-refractivity contribution in [1.82, 2.24) is 5.32 Å². The normalized spacial score (nSPS) is 18.8. The van der Waals surface area contributed by atoms with Crippen molar-refractivity contribution in [1.29, 1.82) is 0 Å². The Morgan fingerprint density at radius 3 is 2.40 bits per heavy atom. The Morgan fingerprint density at radius 1 is 1.30 bits per heavy atom. The van der Waals surface area contributed by atoms with Crippen molar-refractivity contribution in [2.45, 2.75) is 12.8 Å². The van der Waals surface area contributed by atoms with Gasteiger partial charge in [-0.2, -0.15) is 0 Å². The zero-order chi connectivity index (χ0) is 7.40. The van der Waals surface area contributed by atoms with Gasteiger partial charge in [-0.1, -0.05) is 11.5 Å². The largest absolute Gasteiger partial charge is 0.480 e. The van der Waals surface area contributed by atoms with Gasteiger partial charge < -0.3 is 15.4 Å². The molecule has 1 saturated heterocycles. The molecule has 3 nitrogen and oxygen atoms in total. The second-order valence-corrected chi connectivity index (χ2v) is 2.49. The van der Waals surface area contributed by atoms with Gasteiger partial charge in [0.15, 0.2) is 0 Å². The van der Waals surface area contributed by atoms with Gasteiger partial charge in [0.1, 0.15) is 0 Å². The number of hydrogen-bond acceptors (Lipinski definition) is 3. The predicted octanol–water partition coefficient (Wildman–Crippen LogP) is -0.692. The Balaban J connectivity index is 2.37. The fourth-order valence-electron chi connectivity index (χ4n) is 1.13. The Hall–Kier alpha value is -0.315. The molecule has 0 aromatic carbocycles. The van der Waals surface area contributed by atoms with E-state index in [2.05, 4.69) is 5.32 Å². The topological polar surface area (TPSA) is 52.5 Å². The molecule has 3 N–H and O–H groups in total. The molecule has 0 aromatic rings. The summed E-state index contributed by atoms with van der Waals surface area (Å²) in [6.45, 7) is 1.91. The highest BCUT2D eigenvalue weighted by atomic mass is 16.4. The monoisotopic (exact) mass is 141 g/mol. The summed E-state index contributed by atoms with van der Waals surface area (Å²) in [5.41, 5.74) is 1.15. The molecule has 0 unspecified atom stereocenters. The van der Waals surface area contributed by atoms with Crippen molar-refractivity contribution in [2.24, 2.45) is 0 Å². The van der Waals surface area contributed by atoms with Gasteiger partial charge in [-0.15, -0.1) is 0 Å². The molecule has 0 atom stereocenters. The van der Waals surface area contributed by atoms with E-state index < -0.39 is 7.12 Å². The molecule has 0 radical (unpaired) electrons. The van der Waals surface area contributed by atoms with Gasteiger partial charge >= 0.3 is 7.12 Å².